The topological polar surface area (TPSA) is 58.2 Å². The summed E-state index contributed by atoms with van der Waals surface area (Å²) >= 11 is 1.39. The number of carbonyl (C=O) groups excluding carboxylic acids is 2. The van der Waals surface area contributed by atoms with Gasteiger partial charge in [0.1, 0.15) is 5.82 Å². The van der Waals surface area contributed by atoms with E-state index < -0.39 is 0 Å². The molecule has 2 amide bonds. The molecule has 2 aromatic carbocycles. The standard InChI is InChI=1S/C20H23FN2O2S/c1-20(2,3)12-18(24)22-16-8-10-17(11-9-16)26-13-19(25)23-15-6-4-14(21)5-7-15/h4-11H,12-13H2,1-3H3,(H,22,24)(H,23,25). The maximum Gasteiger partial charge on any atom is 0.234 e. The summed E-state index contributed by atoms with van der Waals surface area (Å²) in [7, 11) is 0. The third-order valence-corrected chi connectivity index (χ3v) is 4.34. The van der Waals surface area contributed by atoms with Crippen molar-refractivity contribution >= 4 is 35.0 Å². The maximum atomic E-state index is 12.8. The van der Waals surface area contributed by atoms with E-state index in [1.807, 2.05) is 45.0 Å². The Morgan fingerprint density at radius 2 is 1.38 bits per heavy atom. The molecule has 2 N–H and O–H groups in total. The minimum Gasteiger partial charge on any atom is -0.326 e. The summed E-state index contributed by atoms with van der Waals surface area (Å²) in [6.45, 7) is 6.05. The first-order chi connectivity index (χ1) is 12.2. The smallest absolute Gasteiger partial charge is 0.234 e. The Morgan fingerprint density at radius 1 is 0.885 bits per heavy atom. The van der Waals surface area contributed by atoms with Gasteiger partial charge in [-0.25, -0.2) is 4.39 Å². The number of anilines is 2. The van der Waals surface area contributed by atoms with Crippen molar-refractivity contribution < 1.29 is 14.0 Å². The van der Waals surface area contributed by atoms with Gasteiger partial charge in [-0.2, -0.15) is 0 Å². The van der Waals surface area contributed by atoms with E-state index in [4.69, 9.17) is 0 Å². The van der Waals surface area contributed by atoms with Gasteiger partial charge in [-0.15, -0.1) is 11.8 Å². The van der Waals surface area contributed by atoms with Gasteiger partial charge in [0.2, 0.25) is 11.8 Å². The van der Waals surface area contributed by atoms with Crippen LogP contribution >= 0.6 is 11.8 Å². The number of thioether (sulfide) groups is 1. The molecule has 0 aliphatic heterocycles. The Kier molecular flexibility index (Phi) is 6.80. The Hall–Kier alpha value is -2.34. The highest BCUT2D eigenvalue weighted by Gasteiger charge is 2.15. The molecule has 0 aliphatic carbocycles. The fourth-order valence-electron chi connectivity index (χ4n) is 2.20. The fraction of sp³-hybridized carbons (Fsp3) is 0.300. The van der Waals surface area contributed by atoms with Gasteiger partial charge in [-0.1, -0.05) is 20.8 Å². The van der Waals surface area contributed by atoms with Crippen LogP contribution in [0.15, 0.2) is 53.4 Å². The molecule has 2 aromatic rings. The molecule has 0 fully saturated rings. The molecule has 0 unspecified atom stereocenters. The predicted octanol–water partition coefficient (Wildman–Crippen LogP) is 4.93. The summed E-state index contributed by atoms with van der Waals surface area (Å²) < 4.78 is 12.8. The van der Waals surface area contributed by atoms with Crippen LogP contribution in [0.4, 0.5) is 15.8 Å². The molecule has 0 saturated carbocycles. The van der Waals surface area contributed by atoms with Crippen molar-refractivity contribution in [3.8, 4) is 0 Å². The molecule has 2 rings (SSSR count). The van der Waals surface area contributed by atoms with E-state index in [-0.39, 0.29) is 28.8 Å². The first kappa shape index (κ1) is 20.0. The van der Waals surface area contributed by atoms with Gasteiger partial charge in [0.05, 0.1) is 5.75 Å². The number of rotatable bonds is 6. The number of halogens is 1. The van der Waals surface area contributed by atoms with Crippen LogP contribution in [0.1, 0.15) is 27.2 Å². The van der Waals surface area contributed by atoms with E-state index in [9.17, 15) is 14.0 Å². The molecule has 4 nitrogen and oxygen atoms in total. The molecular weight excluding hydrogens is 351 g/mol. The Balaban J connectivity index is 1.80. The van der Waals surface area contributed by atoms with Gasteiger partial charge in [0.25, 0.3) is 0 Å². The summed E-state index contributed by atoms with van der Waals surface area (Å²) in [5.74, 6) is -0.277. The first-order valence-electron chi connectivity index (χ1n) is 8.29. The Bertz CT molecular complexity index is 753. The number of carbonyl (C=O) groups is 2. The van der Waals surface area contributed by atoms with Crippen LogP contribution in [0.2, 0.25) is 0 Å². The number of hydrogen-bond acceptors (Lipinski definition) is 3. The quantitative estimate of drug-likeness (QED) is 0.705. The zero-order chi connectivity index (χ0) is 19.2. The molecule has 0 spiro atoms. The monoisotopic (exact) mass is 374 g/mol. The molecule has 26 heavy (non-hydrogen) atoms. The van der Waals surface area contributed by atoms with Crippen LogP contribution in [-0.4, -0.2) is 17.6 Å². The zero-order valence-electron chi connectivity index (χ0n) is 15.1. The Labute approximate surface area is 157 Å². The second-order valence-electron chi connectivity index (χ2n) is 7.15. The minimum atomic E-state index is -0.341. The number of nitrogens with one attached hydrogen (secondary N) is 2. The lowest BCUT2D eigenvalue weighted by Crippen LogP contribution is -2.19. The summed E-state index contributed by atoms with van der Waals surface area (Å²) in [6.07, 6.45) is 0.451. The maximum absolute atomic E-state index is 12.8. The van der Waals surface area contributed by atoms with E-state index in [0.29, 0.717) is 12.1 Å². The molecule has 0 aliphatic rings. The first-order valence-corrected chi connectivity index (χ1v) is 9.28. The predicted molar refractivity (Wildman–Crippen MR) is 105 cm³/mol. The second-order valence-corrected chi connectivity index (χ2v) is 8.20. The molecule has 0 heterocycles. The fourth-order valence-corrected chi connectivity index (χ4v) is 2.90. The van der Waals surface area contributed by atoms with Crippen LogP contribution in [-0.2, 0) is 9.59 Å². The Morgan fingerprint density at radius 3 is 1.92 bits per heavy atom. The molecular formula is C20H23FN2O2S. The zero-order valence-corrected chi connectivity index (χ0v) is 16.0. The van der Waals surface area contributed by atoms with Crippen molar-refractivity contribution in [3.05, 3.63) is 54.3 Å². The average Bonchev–Trinajstić information content (AvgIpc) is 2.54. The van der Waals surface area contributed by atoms with E-state index in [1.54, 1.807) is 0 Å². The van der Waals surface area contributed by atoms with Crippen molar-refractivity contribution in [2.45, 2.75) is 32.1 Å². The minimum absolute atomic E-state index is 0.0171. The van der Waals surface area contributed by atoms with E-state index in [2.05, 4.69) is 10.6 Å². The lowest BCUT2D eigenvalue weighted by atomic mass is 9.92. The molecule has 0 bridgehead atoms. The van der Waals surface area contributed by atoms with E-state index in [0.717, 1.165) is 10.6 Å². The number of amides is 2. The van der Waals surface area contributed by atoms with Crippen molar-refractivity contribution in [3.63, 3.8) is 0 Å². The third-order valence-electron chi connectivity index (χ3n) is 3.33. The van der Waals surface area contributed by atoms with Gasteiger partial charge < -0.3 is 10.6 Å². The molecule has 0 aromatic heterocycles. The number of benzene rings is 2. The summed E-state index contributed by atoms with van der Waals surface area (Å²) in [6, 6.07) is 13.0. The van der Waals surface area contributed by atoms with Crippen molar-refractivity contribution in [1.82, 2.24) is 0 Å². The highest BCUT2D eigenvalue weighted by Crippen LogP contribution is 2.22. The van der Waals surface area contributed by atoms with Crippen LogP contribution in [0.5, 0.6) is 0 Å². The molecule has 6 heteroatoms. The van der Waals surface area contributed by atoms with Crippen molar-refractivity contribution in [2.24, 2.45) is 5.41 Å². The van der Waals surface area contributed by atoms with Crippen LogP contribution < -0.4 is 10.6 Å². The van der Waals surface area contributed by atoms with Gasteiger partial charge in [0.15, 0.2) is 0 Å². The van der Waals surface area contributed by atoms with Gasteiger partial charge in [0, 0.05) is 22.7 Å². The lowest BCUT2D eigenvalue weighted by molar-refractivity contribution is -0.118. The lowest BCUT2D eigenvalue weighted by Gasteiger charge is -2.17. The van der Waals surface area contributed by atoms with Crippen LogP contribution in [0.25, 0.3) is 0 Å². The second kappa shape index (κ2) is 8.85. The molecule has 0 atom stereocenters. The summed E-state index contributed by atoms with van der Waals surface area (Å²) in [5.41, 5.74) is 1.24. The van der Waals surface area contributed by atoms with Crippen molar-refractivity contribution in [1.29, 1.82) is 0 Å². The molecule has 0 saturated heterocycles. The highest BCUT2D eigenvalue weighted by molar-refractivity contribution is 8.00. The normalized spacial score (nSPS) is 11.1. The van der Waals surface area contributed by atoms with Gasteiger partial charge in [-0.3, -0.25) is 9.59 Å². The number of hydrogen-bond donors (Lipinski definition) is 2. The average molecular weight is 374 g/mol. The van der Waals surface area contributed by atoms with E-state index in [1.165, 1.54) is 36.0 Å². The van der Waals surface area contributed by atoms with Crippen LogP contribution in [0.3, 0.4) is 0 Å². The van der Waals surface area contributed by atoms with Crippen LogP contribution in [0, 0.1) is 11.2 Å². The van der Waals surface area contributed by atoms with Gasteiger partial charge >= 0.3 is 0 Å². The SMILES string of the molecule is CC(C)(C)CC(=O)Nc1ccc(SCC(=O)Nc2ccc(F)cc2)cc1. The molecule has 138 valence electrons. The summed E-state index contributed by atoms with van der Waals surface area (Å²) in [5, 5.41) is 5.58. The van der Waals surface area contributed by atoms with Crippen molar-refractivity contribution in [2.75, 3.05) is 16.4 Å². The summed E-state index contributed by atoms with van der Waals surface area (Å²) in [4.78, 5) is 24.8. The largest absolute Gasteiger partial charge is 0.326 e. The highest BCUT2D eigenvalue weighted by atomic mass is 32.2. The van der Waals surface area contributed by atoms with E-state index >= 15 is 0 Å². The van der Waals surface area contributed by atoms with Gasteiger partial charge in [-0.05, 0) is 53.9 Å². The third kappa shape index (κ3) is 7.27. The molecule has 0 radical (unpaired) electrons.